The first-order valence-corrected chi connectivity index (χ1v) is 33.5. The van der Waals surface area contributed by atoms with Crippen molar-refractivity contribution in [2.45, 2.75) is 99.8 Å². The lowest BCUT2D eigenvalue weighted by molar-refractivity contribution is -0.141. The van der Waals surface area contributed by atoms with Crippen molar-refractivity contribution >= 4 is 110 Å². The Morgan fingerprint density at radius 1 is 0.628 bits per heavy atom. The van der Waals surface area contributed by atoms with E-state index in [1.54, 1.807) is 37.3 Å². The number of aliphatic carboxylic acids is 1. The SMILES string of the molecule is CCNC(=O)[C@@H]1CSSC[C@@H]2NC(=O)[C@H](CCCCNC(=O)c3ccc4c(c3)C3(OC4=O)c4ccc(O)cc4Oc4cc(O)ccc43)NC(=O)CSC[C@H](NC(=O)[C@H](CC(=O)O)NC(=O)CNC(=O)[C@H](CCCNC(=N)N)NC2=O)C(=O)N[C@@H](Cc2ccccc2)C(=O)N1. The summed E-state index contributed by atoms with van der Waals surface area (Å²) in [6.45, 7) is 0.994. The zero-order valence-corrected chi connectivity index (χ0v) is 53.0. The molecule has 4 aromatic rings. The molecule has 4 heterocycles. The second-order valence-corrected chi connectivity index (χ2v) is 25.6. The fourth-order valence-electron chi connectivity index (χ4n) is 10.6. The Bertz CT molecular complexity index is 3530. The number of rotatable bonds is 16. The molecule has 0 aliphatic carbocycles. The van der Waals surface area contributed by atoms with Crippen molar-refractivity contribution in [1.82, 2.24) is 58.5 Å². The Morgan fingerprint density at radius 3 is 1.90 bits per heavy atom. The van der Waals surface area contributed by atoms with Gasteiger partial charge in [-0.1, -0.05) is 51.9 Å². The van der Waals surface area contributed by atoms with Gasteiger partial charge in [-0.05, 0) is 87.1 Å². The summed E-state index contributed by atoms with van der Waals surface area (Å²) in [6.07, 6.45) is -1.00. The van der Waals surface area contributed by atoms with E-state index in [4.69, 9.17) is 20.6 Å². The Morgan fingerprint density at radius 2 is 1.23 bits per heavy atom. The minimum Gasteiger partial charge on any atom is -0.508 e. The Kier molecular flexibility index (Phi) is 24.4. The third kappa shape index (κ3) is 18.3. The quantitative estimate of drug-likeness (QED) is 0.0218. The third-order valence-corrected chi connectivity index (χ3v) is 18.7. The van der Waals surface area contributed by atoms with Crippen molar-refractivity contribution in [1.29, 1.82) is 5.41 Å². The summed E-state index contributed by atoms with van der Waals surface area (Å²) in [6, 6.07) is 10.7. The van der Waals surface area contributed by atoms with Crippen LogP contribution in [0.15, 0.2) is 84.9 Å². The molecule has 30 nitrogen and oxygen atoms in total. The van der Waals surface area contributed by atoms with Gasteiger partial charge in [-0.2, -0.15) is 0 Å². The zero-order chi connectivity index (χ0) is 67.6. The maximum atomic E-state index is 14.7. The van der Waals surface area contributed by atoms with Crippen LogP contribution in [0.1, 0.15) is 88.4 Å². The van der Waals surface area contributed by atoms with Crippen molar-refractivity contribution in [3.8, 4) is 23.0 Å². The van der Waals surface area contributed by atoms with Gasteiger partial charge in [-0.25, -0.2) is 4.79 Å². The van der Waals surface area contributed by atoms with E-state index in [-0.39, 0.29) is 109 Å². The van der Waals surface area contributed by atoms with Crippen LogP contribution in [-0.2, 0) is 64.7 Å². The number of likely N-dealkylation sites (N-methyl/N-ethyl adjacent to an activating group) is 1. The number of nitrogens with two attached hydrogens (primary N) is 1. The number of fused-ring (bicyclic) bond motifs is 15. The highest BCUT2D eigenvalue weighted by molar-refractivity contribution is 8.76. The molecule has 1 spiro atoms. The van der Waals surface area contributed by atoms with Gasteiger partial charge in [0.15, 0.2) is 11.6 Å². The van der Waals surface area contributed by atoms with Crippen LogP contribution in [-0.4, -0.2) is 184 Å². The highest BCUT2D eigenvalue weighted by atomic mass is 33.1. The van der Waals surface area contributed by atoms with Crippen LogP contribution < -0.4 is 69.0 Å². The van der Waals surface area contributed by atoms with Gasteiger partial charge in [0.25, 0.3) is 5.91 Å². The van der Waals surface area contributed by atoms with Crippen LogP contribution in [0.4, 0.5) is 0 Å². The minimum absolute atomic E-state index is 0.00448. The molecule has 2 saturated heterocycles. The number of esters is 1. The van der Waals surface area contributed by atoms with E-state index in [2.05, 4.69) is 58.5 Å². The van der Waals surface area contributed by atoms with Gasteiger partial charge in [-0.3, -0.25) is 58.1 Å². The number of carboxylic acids is 1. The lowest BCUT2D eigenvalue weighted by Gasteiger charge is -2.36. The highest BCUT2D eigenvalue weighted by Crippen LogP contribution is 2.57. The van der Waals surface area contributed by atoms with Crippen LogP contribution in [0.5, 0.6) is 23.0 Å². The number of benzene rings is 4. The minimum atomic E-state index is -1.88. The first-order chi connectivity index (χ1) is 45.0. The summed E-state index contributed by atoms with van der Waals surface area (Å²) in [4.78, 5) is 167. The van der Waals surface area contributed by atoms with Gasteiger partial charge < -0.3 is 89.0 Å². The average molecular weight is 1350 g/mol. The third-order valence-electron chi connectivity index (χ3n) is 15.2. The largest absolute Gasteiger partial charge is 0.508 e. The van der Waals surface area contributed by atoms with E-state index in [9.17, 15) is 72.9 Å². The first-order valence-electron chi connectivity index (χ1n) is 29.9. The van der Waals surface area contributed by atoms with Crippen molar-refractivity contribution < 1.29 is 82.3 Å². The van der Waals surface area contributed by atoms with E-state index >= 15 is 0 Å². The molecule has 4 aliphatic heterocycles. The number of thioether (sulfide) groups is 1. The molecule has 33 heteroatoms. The average Bonchev–Trinajstić information content (AvgIpc) is 1.46. The van der Waals surface area contributed by atoms with Gasteiger partial charge in [0.2, 0.25) is 53.2 Å². The van der Waals surface area contributed by atoms with Crippen molar-refractivity contribution in [2.24, 2.45) is 5.73 Å². The molecular formula is C61H71N13O17S3. The topological polar surface area (TPSA) is 466 Å². The lowest BCUT2D eigenvalue weighted by Crippen LogP contribution is -2.60. The molecule has 0 saturated carbocycles. The highest BCUT2D eigenvalue weighted by Gasteiger charge is 2.54. The summed E-state index contributed by atoms with van der Waals surface area (Å²) >= 11 is 0.783. The smallest absolute Gasteiger partial charge is 0.340 e. The number of hydrogen-bond acceptors (Lipinski definition) is 20. The lowest BCUT2D eigenvalue weighted by atomic mass is 9.77. The molecule has 500 valence electrons. The monoisotopic (exact) mass is 1350 g/mol. The van der Waals surface area contributed by atoms with E-state index < -0.39 is 149 Å². The Hall–Kier alpha value is -9.76. The van der Waals surface area contributed by atoms with Gasteiger partial charge in [0.05, 0.1) is 24.3 Å². The second kappa shape index (κ2) is 32.7. The molecule has 4 aromatic carbocycles. The standard InChI is InChI=1S/C61H71N13O17S3/c1-2-64-53(83)44-28-93-94-29-45-58(88)70-39(12-8-20-66-60(62)63)52(82)67-26-48(77)69-42(25-50(79)80)56(86)72-43(57(87)71-41(55(85)73-44)21-31-9-4-3-5-10-31)27-92-30-49(78)68-40(54(84)74-45)11-6-7-19-65-51(81)32-13-16-35-38(22-32)61(91-59(35)89)36-17-14-33(75)23-46(36)90-47-24-34(76)15-18-37(47)61/h3-5,9-10,13-18,22-24,39-45,75-76H,2,6-8,11-12,19-21,25-30H2,1H3,(H,64,83)(H,65,81)(H,67,82)(H,68,78)(H,69,77)(H,70,88)(H,71,87)(H,72,86)(H,73,85)(H,74,84)(H,79,80)(H4,62,63,66)/t39-,40-,41-,42-,43-,44-,45-/m0/s1. The summed E-state index contributed by atoms with van der Waals surface area (Å²) in [5.41, 5.74) is 5.60. The second-order valence-electron chi connectivity index (χ2n) is 22.1. The summed E-state index contributed by atoms with van der Waals surface area (Å²) in [7, 11) is 2.01. The number of aromatic hydroxyl groups is 2. The van der Waals surface area contributed by atoms with Gasteiger partial charge in [0, 0.05) is 77.7 Å². The number of nitrogens with one attached hydrogen (secondary N) is 12. The van der Waals surface area contributed by atoms with Gasteiger partial charge in [0.1, 0.15) is 65.3 Å². The number of amides is 10. The molecule has 0 aromatic heterocycles. The van der Waals surface area contributed by atoms with E-state index in [0.29, 0.717) is 16.7 Å². The maximum absolute atomic E-state index is 14.7. The number of hydrogen-bond donors (Lipinski definition) is 16. The van der Waals surface area contributed by atoms with Crippen LogP contribution in [0.25, 0.3) is 0 Å². The van der Waals surface area contributed by atoms with Crippen LogP contribution in [0.3, 0.4) is 0 Å². The number of guanidine groups is 1. The predicted molar refractivity (Wildman–Crippen MR) is 343 cm³/mol. The van der Waals surface area contributed by atoms with Gasteiger partial charge in [-0.15, -0.1) is 11.8 Å². The molecule has 94 heavy (non-hydrogen) atoms. The first kappa shape index (κ1) is 70.1. The van der Waals surface area contributed by atoms with Crippen LogP contribution in [0, 0.1) is 5.41 Å². The van der Waals surface area contributed by atoms with Crippen molar-refractivity contribution in [2.75, 3.05) is 49.2 Å². The summed E-state index contributed by atoms with van der Waals surface area (Å²) < 4.78 is 12.2. The fraction of sp³-hybridized carbons (Fsp3) is 0.393. The molecule has 4 aliphatic rings. The molecule has 17 N–H and O–H groups in total. The summed E-state index contributed by atoms with van der Waals surface area (Å²) in [5, 5.41) is 66.7. The predicted octanol–water partition coefficient (Wildman–Crippen LogP) is -0.666. The van der Waals surface area contributed by atoms with Crippen LogP contribution >= 0.6 is 33.3 Å². The van der Waals surface area contributed by atoms with Gasteiger partial charge >= 0.3 is 11.9 Å². The Labute approximate surface area is 549 Å². The number of carbonyl (C=O) groups excluding carboxylic acids is 11. The van der Waals surface area contributed by atoms with Crippen LogP contribution in [0.2, 0.25) is 0 Å². The normalized spacial score (nSPS) is 22.1. The molecule has 0 unspecified atom stereocenters. The van der Waals surface area contributed by atoms with Crippen molar-refractivity contribution in [3.05, 3.63) is 118 Å². The molecule has 7 atom stereocenters. The molecular weight excluding hydrogens is 1280 g/mol. The molecule has 0 radical (unpaired) electrons. The van der Waals surface area contributed by atoms with E-state index in [1.165, 1.54) is 54.6 Å². The maximum Gasteiger partial charge on any atom is 0.340 e. The number of carbonyl (C=O) groups is 12. The number of unbranched alkanes of at least 4 members (excludes halogenated alkanes) is 1. The number of phenols is 2. The number of phenolic OH excluding ortho intramolecular Hbond substituents is 2. The Balaban J connectivity index is 1.08. The summed E-state index contributed by atoms with van der Waals surface area (Å²) in [5.74, 6) is -12.9. The number of carboxylic acid groups (broad SMARTS) is 1. The van der Waals surface area contributed by atoms with Crippen molar-refractivity contribution in [3.63, 3.8) is 0 Å². The molecule has 8 rings (SSSR count). The molecule has 2 fully saturated rings. The molecule has 2 bridgehead atoms. The fourth-order valence-corrected chi connectivity index (χ4v) is 13.8. The zero-order valence-electron chi connectivity index (χ0n) is 50.6. The molecule has 10 amide bonds. The van der Waals surface area contributed by atoms with E-state index in [1.807, 2.05) is 0 Å². The van der Waals surface area contributed by atoms with E-state index in [0.717, 1.165) is 33.3 Å². The number of ether oxygens (including phenoxy) is 2.